The van der Waals surface area contributed by atoms with Gasteiger partial charge in [0.1, 0.15) is 11.4 Å². The van der Waals surface area contributed by atoms with Gasteiger partial charge in [-0.3, -0.25) is 4.79 Å². The Labute approximate surface area is 167 Å². The largest absolute Gasteiger partial charge is 0.433 e. The Morgan fingerprint density at radius 1 is 1.13 bits per heavy atom. The van der Waals surface area contributed by atoms with Gasteiger partial charge >= 0.3 is 12.8 Å². The summed E-state index contributed by atoms with van der Waals surface area (Å²) in [6, 6.07) is 7.39. The van der Waals surface area contributed by atoms with Gasteiger partial charge in [0.05, 0.1) is 11.4 Å². The molecule has 11 heteroatoms. The number of hydrogen-bond donors (Lipinski definition) is 1. The number of carbonyl (C=O) groups is 1. The zero-order chi connectivity index (χ0) is 22.3. The number of nitrogens with zero attached hydrogens (tertiary/aromatic N) is 3. The molecule has 0 spiro atoms. The van der Waals surface area contributed by atoms with E-state index in [0.29, 0.717) is 4.52 Å². The summed E-state index contributed by atoms with van der Waals surface area (Å²) in [5.74, 6) is -1.20. The lowest BCUT2D eigenvalue weighted by atomic mass is 9.91. The lowest BCUT2D eigenvalue weighted by molar-refractivity contribution is -0.142. The van der Waals surface area contributed by atoms with Crippen LogP contribution in [0, 0.1) is 0 Å². The van der Waals surface area contributed by atoms with Gasteiger partial charge < -0.3 is 10.1 Å². The van der Waals surface area contributed by atoms with Crippen molar-refractivity contribution in [2.75, 3.05) is 5.32 Å². The van der Waals surface area contributed by atoms with Crippen LogP contribution in [0.2, 0.25) is 0 Å². The first-order chi connectivity index (χ1) is 13.9. The summed E-state index contributed by atoms with van der Waals surface area (Å²) in [6.45, 7) is 1.99. The molecule has 0 fully saturated rings. The quantitative estimate of drug-likeness (QED) is 0.601. The van der Waals surface area contributed by atoms with Crippen molar-refractivity contribution in [1.82, 2.24) is 14.6 Å². The van der Waals surface area contributed by atoms with Crippen molar-refractivity contribution < 1.29 is 31.5 Å². The van der Waals surface area contributed by atoms with Gasteiger partial charge in [0.2, 0.25) is 0 Å². The number of aromatic nitrogens is 3. The molecular formula is C19H17F5N4O2. The Hall–Kier alpha value is -3.24. The molecule has 0 atom stereocenters. The predicted molar refractivity (Wildman–Crippen MR) is 97.7 cm³/mol. The number of nitrogens with one attached hydrogen (secondary N) is 1. The highest BCUT2D eigenvalue weighted by Gasteiger charge is 2.36. The Balaban J connectivity index is 2.03. The summed E-state index contributed by atoms with van der Waals surface area (Å²) >= 11 is 0. The molecule has 2 heterocycles. The molecular weight excluding hydrogens is 411 g/mol. The van der Waals surface area contributed by atoms with Crippen molar-refractivity contribution >= 4 is 17.2 Å². The third-order valence-electron chi connectivity index (χ3n) is 4.07. The van der Waals surface area contributed by atoms with Gasteiger partial charge in [-0.1, -0.05) is 32.9 Å². The van der Waals surface area contributed by atoms with Crippen molar-refractivity contribution in [1.29, 1.82) is 0 Å². The van der Waals surface area contributed by atoms with Gasteiger partial charge in [0.15, 0.2) is 11.3 Å². The third-order valence-corrected chi connectivity index (χ3v) is 4.07. The monoisotopic (exact) mass is 428 g/mol. The zero-order valence-electron chi connectivity index (χ0n) is 16.1. The Bertz CT molecular complexity index is 1090. The fourth-order valence-corrected chi connectivity index (χ4v) is 2.63. The number of rotatable bonds is 4. The van der Waals surface area contributed by atoms with Crippen molar-refractivity contribution in [2.24, 2.45) is 0 Å². The number of benzene rings is 1. The van der Waals surface area contributed by atoms with E-state index in [2.05, 4.69) is 20.1 Å². The predicted octanol–water partition coefficient (Wildman–Crippen LogP) is 4.90. The highest BCUT2D eigenvalue weighted by Crippen LogP contribution is 2.33. The maximum Gasteiger partial charge on any atom is 0.433 e. The van der Waals surface area contributed by atoms with Gasteiger partial charge in [-0.2, -0.15) is 27.1 Å². The van der Waals surface area contributed by atoms with E-state index in [9.17, 15) is 26.7 Å². The molecule has 2 aromatic heterocycles. The highest BCUT2D eigenvalue weighted by molar-refractivity contribution is 6.04. The summed E-state index contributed by atoms with van der Waals surface area (Å²) in [4.78, 5) is 16.7. The van der Waals surface area contributed by atoms with Crippen LogP contribution in [-0.4, -0.2) is 27.1 Å². The number of alkyl halides is 5. The van der Waals surface area contributed by atoms with Crippen LogP contribution in [0.3, 0.4) is 0 Å². The molecule has 30 heavy (non-hydrogen) atoms. The van der Waals surface area contributed by atoms with Crippen LogP contribution >= 0.6 is 0 Å². The standard InChI is InChI=1S/C19H17F5N4O2/c1-18(2,3)13-9-14(19(22,23)24)28-15(26-13)8-11(27-28)16(29)25-10-6-4-5-7-12(10)30-17(20)21/h4-9,17H,1-3H3,(H,25,29). The summed E-state index contributed by atoms with van der Waals surface area (Å²) in [5, 5.41) is 6.04. The molecule has 3 aromatic rings. The average Bonchev–Trinajstić information content (AvgIpc) is 3.04. The van der Waals surface area contributed by atoms with E-state index in [1.807, 2.05) is 0 Å². The second-order valence-electron chi connectivity index (χ2n) is 7.40. The van der Waals surface area contributed by atoms with E-state index >= 15 is 0 Å². The third kappa shape index (κ3) is 4.50. The van der Waals surface area contributed by atoms with E-state index in [4.69, 9.17) is 0 Å². The molecule has 0 unspecified atom stereocenters. The fourth-order valence-electron chi connectivity index (χ4n) is 2.63. The zero-order valence-corrected chi connectivity index (χ0v) is 16.1. The Kier molecular flexibility index (Phi) is 5.40. The molecule has 0 aliphatic heterocycles. The van der Waals surface area contributed by atoms with Gasteiger partial charge in [0.25, 0.3) is 5.91 Å². The van der Waals surface area contributed by atoms with Crippen molar-refractivity contribution in [3.63, 3.8) is 0 Å². The number of amides is 1. The minimum atomic E-state index is -4.74. The second kappa shape index (κ2) is 7.54. The first kappa shape index (κ1) is 21.5. The fraction of sp³-hybridized carbons (Fsp3) is 0.316. The van der Waals surface area contributed by atoms with E-state index in [-0.39, 0.29) is 28.5 Å². The molecule has 1 aromatic carbocycles. The van der Waals surface area contributed by atoms with Crippen molar-refractivity contribution in [3.8, 4) is 5.75 Å². The van der Waals surface area contributed by atoms with E-state index < -0.39 is 29.8 Å². The molecule has 3 rings (SSSR count). The van der Waals surface area contributed by atoms with Gasteiger partial charge in [0, 0.05) is 11.5 Å². The molecule has 0 bridgehead atoms. The average molecular weight is 428 g/mol. The van der Waals surface area contributed by atoms with Gasteiger partial charge in [-0.05, 0) is 18.2 Å². The minimum Gasteiger partial charge on any atom is -0.433 e. The first-order valence-corrected chi connectivity index (χ1v) is 8.70. The van der Waals surface area contributed by atoms with E-state index in [1.165, 1.54) is 24.3 Å². The van der Waals surface area contributed by atoms with Crippen LogP contribution in [0.25, 0.3) is 5.65 Å². The number of para-hydroxylation sites is 2. The summed E-state index contributed by atoms with van der Waals surface area (Å²) < 4.78 is 70.5. The SMILES string of the molecule is CC(C)(C)c1cc(C(F)(F)F)n2nc(C(=O)Nc3ccccc3OC(F)F)cc2n1. The number of fused-ring (bicyclic) bond motifs is 1. The topological polar surface area (TPSA) is 68.5 Å². The summed E-state index contributed by atoms with van der Waals surface area (Å²) in [6.07, 6.45) is -4.74. The molecule has 0 saturated heterocycles. The lowest BCUT2D eigenvalue weighted by Gasteiger charge is -2.19. The van der Waals surface area contributed by atoms with Crippen LogP contribution in [0.4, 0.5) is 27.6 Å². The number of anilines is 1. The van der Waals surface area contributed by atoms with Crippen LogP contribution in [0.5, 0.6) is 5.75 Å². The summed E-state index contributed by atoms with van der Waals surface area (Å²) in [5.41, 5.74) is -2.22. The molecule has 0 radical (unpaired) electrons. The maximum absolute atomic E-state index is 13.5. The highest BCUT2D eigenvalue weighted by atomic mass is 19.4. The van der Waals surface area contributed by atoms with Crippen LogP contribution in [0.15, 0.2) is 36.4 Å². The molecule has 160 valence electrons. The first-order valence-electron chi connectivity index (χ1n) is 8.70. The number of hydrogen-bond acceptors (Lipinski definition) is 4. The summed E-state index contributed by atoms with van der Waals surface area (Å²) in [7, 11) is 0. The second-order valence-corrected chi connectivity index (χ2v) is 7.40. The molecule has 0 aliphatic rings. The molecule has 0 saturated carbocycles. The molecule has 1 N–H and O–H groups in total. The Morgan fingerprint density at radius 2 is 1.80 bits per heavy atom. The van der Waals surface area contributed by atoms with Gasteiger partial charge in [-0.25, -0.2) is 9.50 Å². The Morgan fingerprint density at radius 3 is 2.40 bits per heavy atom. The normalized spacial score (nSPS) is 12.4. The van der Waals surface area contributed by atoms with Crippen LogP contribution in [-0.2, 0) is 11.6 Å². The maximum atomic E-state index is 13.5. The van der Waals surface area contributed by atoms with Crippen LogP contribution in [0.1, 0.15) is 42.6 Å². The van der Waals surface area contributed by atoms with Crippen molar-refractivity contribution in [3.05, 3.63) is 53.5 Å². The van der Waals surface area contributed by atoms with E-state index in [0.717, 1.165) is 12.1 Å². The number of halogens is 5. The number of ether oxygens (including phenoxy) is 1. The smallest absolute Gasteiger partial charge is 0.433 e. The van der Waals surface area contributed by atoms with Crippen molar-refractivity contribution in [2.45, 2.75) is 39.0 Å². The molecule has 0 aliphatic carbocycles. The lowest BCUT2D eigenvalue weighted by Crippen LogP contribution is -2.20. The minimum absolute atomic E-state index is 0.0840. The van der Waals surface area contributed by atoms with Gasteiger partial charge in [-0.15, -0.1) is 0 Å². The molecule has 6 nitrogen and oxygen atoms in total. The van der Waals surface area contributed by atoms with E-state index in [1.54, 1.807) is 20.8 Å². The molecule has 1 amide bonds. The number of carbonyl (C=O) groups excluding carboxylic acids is 1. The van der Waals surface area contributed by atoms with Crippen LogP contribution < -0.4 is 10.1 Å².